The first kappa shape index (κ1) is 9.49. The molecule has 60 valence electrons. The van der Waals surface area contributed by atoms with Gasteiger partial charge in [-0.1, -0.05) is 13.8 Å². The van der Waals surface area contributed by atoms with E-state index in [9.17, 15) is 13.6 Å². The summed E-state index contributed by atoms with van der Waals surface area (Å²) < 4.78 is 24.6. The molecule has 4 heteroatoms. The molecule has 0 atom stereocenters. The van der Waals surface area contributed by atoms with Crippen molar-refractivity contribution in [1.82, 2.24) is 0 Å². The Balaban J connectivity index is 4.19. The second-order valence-corrected chi connectivity index (χ2v) is 2.43. The molecule has 2 nitrogen and oxygen atoms in total. The SMILES string of the molecule is CC(C)C(=O)C(F)(F)CN. The van der Waals surface area contributed by atoms with E-state index < -0.39 is 24.2 Å². The van der Waals surface area contributed by atoms with Crippen LogP contribution >= 0.6 is 0 Å². The molecule has 0 heterocycles. The van der Waals surface area contributed by atoms with E-state index in [0.29, 0.717) is 0 Å². The van der Waals surface area contributed by atoms with Crippen molar-refractivity contribution in [1.29, 1.82) is 0 Å². The molecule has 0 bridgehead atoms. The summed E-state index contributed by atoms with van der Waals surface area (Å²) in [6.45, 7) is 1.95. The maximum absolute atomic E-state index is 12.3. The third kappa shape index (κ3) is 2.02. The number of ketones is 1. The van der Waals surface area contributed by atoms with Gasteiger partial charge in [0.1, 0.15) is 0 Å². The van der Waals surface area contributed by atoms with E-state index >= 15 is 0 Å². The third-order valence-electron chi connectivity index (χ3n) is 1.14. The monoisotopic (exact) mass is 151 g/mol. The van der Waals surface area contributed by atoms with E-state index in [-0.39, 0.29) is 0 Å². The van der Waals surface area contributed by atoms with Crippen molar-refractivity contribution in [2.45, 2.75) is 19.8 Å². The summed E-state index contributed by atoms with van der Waals surface area (Å²) in [5.74, 6) is -5.08. The predicted octanol–water partition coefficient (Wildman–Crippen LogP) is 0.806. The molecule has 0 aliphatic heterocycles. The molecule has 0 radical (unpaired) electrons. The van der Waals surface area contributed by atoms with Crippen LogP contribution in [0.15, 0.2) is 0 Å². The van der Waals surface area contributed by atoms with E-state index in [4.69, 9.17) is 0 Å². The molecular weight excluding hydrogens is 140 g/mol. The van der Waals surface area contributed by atoms with Crippen LogP contribution in [0, 0.1) is 5.92 Å². The van der Waals surface area contributed by atoms with Gasteiger partial charge in [-0.25, -0.2) is 0 Å². The topological polar surface area (TPSA) is 43.1 Å². The quantitative estimate of drug-likeness (QED) is 0.648. The zero-order valence-corrected chi connectivity index (χ0v) is 6.03. The van der Waals surface area contributed by atoms with Crippen LogP contribution in [-0.4, -0.2) is 18.3 Å². The van der Waals surface area contributed by atoms with Crippen molar-refractivity contribution in [3.63, 3.8) is 0 Å². The van der Waals surface area contributed by atoms with Gasteiger partial charge in [-0.3, -0.25) is 4.79 Å². The molecule has 0 saturated carbocycles. The summed E-state index contributed by atoms with van der Waals surface area (Å²) in [4.78, 5) is 10.6. The van der Waals surface area contributed by atoms with Crippen molar-refractivity contribution >= 4 is 5.78 Å². The second-order valence-electron chi connectivity index (χ2n) is 2.43. The summed E-state index contributed by atoms with van der Waals surface area (Å²) in [5, 5.41) is 0. The number of carbonyl (C=O) groups excluding carboxylic acids is 1. The Hall–Kier alpha value is -0.510. The molecule has 0 spiro atoms. The van der Waals surface area contributed by atoms with Crippen LogP contribution in [0.3, 0.4) is 0 Å². The molecule has 0 aliphatic rings. The highest BCUT2D eigenvalue weighted by atomic mass is 19.3. The van der Waals surface area contributed by atoms with Gasteiger partial charge in [0.05, 0.1) is 6.54 Å². The highest BCUT2D eigenvalue weighted by molar-refractivity contribution is 5.87. The molecule has 0 aromatic heterocycles. The Morgan fingerprint density at radius 3 is 2.10 bits per heavy atom. The van der Waals surface area contributed by atoms with Gasteiger partial charge in [-0.15, -0.1) is 0 Å². The van der Waals surface area contributed by atoms with Gasteiger partial charge in [0.2, 0.25) is 5.78 Å². The first-order chi connectivity index (χ1) is 4.41. The Morgan fingerprint density at radius 2 is 2.00 bits per heavy atom. The number of alkyl halides is 2. The van der Waals surface area contributed by atoms with E-state index in [1.165, 1.54) is 13.8 Å². The lowest BCUT2D eigenvalue weighted by atomic mass is 10.0. The predicted molar refractivity (Wildman–Crippen MR) is 33.8 cm³/mol. The average molecular weight is 151 g/mol. The number of nitrogens with two attached hydrogens (primary N) is 1. The summed E-state index contributed by atoms with van der Waals surface area (Å²) in [7, 11) is 0. The number of hydrogen-bond acceptors (Lipinski definition) is 2. The van der Waals surface area contributed by atoms with Gasteiger partial charge in [-0.2, -0.15) is 8.78 Å². The Kier molecular flexibility index (Phi) is 2.90. The highest BCUT2D eigenvalue weighted by Crippen LogP contribution is 2.17. The maximum Gasteiger partial charge on any atom is 0.317 e. The summed E-state index contributed by atoms with van der Waals surface area (Å²) in [6, 6.07) is 0. The molecule has 0 aromatic carbocycles. The Labute approximate surface area is 58.4 Å². The van der Waals surface area contributed by atoms with Gasteiger partial charge in [-0.05, 0) is 0 Å². The normalized spacial score (nSPS) is 12.2. The van der Waals surface area contributed by atoms with E-state index in [1.807, 2.05) is 0 Å². The van der Waals surface area contributed by atoms with Crippen LogP contribution in [0.1, 0.15) is 13.8 Å². The lowest BCUT2D eigenvalue weighted by Gasteiger charge is -2.13. The molecule has 10 heavy (non-hydrogen) atoms. The molecular formula is C6H11F2NO. The van der Waals surface area contributed by atoms with Crippen molar-refractivity contribution in [3.8, 4) is 0 Å². The minimum atomic E-state index is -3.34. The second kappa shape index (κ2) is 3.05. The largest absolute Gasteiger partial charge is 0.325 e. The molecule has 0 unspecified atom stereocenters. The van der Waals surface area contributed by atoms with Crippen LogP contribution in [0.5, 0.6) is 0 Å². The third-order valence-corrected chi connectivity index (χ3v) is 1.14. The van der Waals surface area contributed by atoms with Gasteiger partial charge < -0.3 is 5.73 Å². The Morgan fingerprint density at radius 1 is 1.60 bits per heavy atom. The number of halogens is 2. The molecule has 0 aliphatic carbocycles. The summed E-state index contributed by atoms with van der Waals surface area (Å²) in [6.07, 6.45) is 0. The maximum atomic E-state index is 12.3. The van der Waals surface area contributed by atoms with Crippen LogP contribution in [-0.2, 0) is 4.79 Å². The van der Waals surface area contributed by atoms with Crippen molar-refractivity contribution < 1.29 is 13.6 Å². The number of rotatable bonds is 3. The zero-order chi connectivity index (χ0) is 8.36. The molecule has 0 aromatic rings. The molecule has 0 fully saturated rings. The fourth-order valence-corrected chi connectivity index (χ4v) is 0.523. The standard InChI is InChI=1S/C6H11F2NO/c1-4(2)5(10)6(7,8)3-9/h4H,3,9H2,1-2H3. The van der Waals surface area contributed by atoms with Crippen LogP contribution in [0.4, 0.5) is 8.78 Å². The lowest BCUT2D eigenvalue weighted by molar-refractivity contribution is -0.144. The van der Waals surface area contributed by atoms with Crippen LogP contribution in [0.25, 0.3) is 0 Å². The van der Waals surface area contributed by atoms with Crippen molar-refractivity contribution in [2.75, 3.05) is 6.54 Å². The van der Waals surface area contributed by atoms with Crippen LogP contribution in [0.2, 0.25) is 0 Å². The van der Waals surface area contributed by atoms with Gasteiger partial charge in [0.25, 0.3) is 0 Å². The van der Waals surface area contributed by atoms with E-state index in [1.54, 1.807) is 0 Å². The average Bonchev–Trinajstić information content (AvgIpc) is 1.86. The first-order valence-corrected chi connectivity index (χ1v) is 3.04. The highest BCUT2D eigenvalue weighted by Gasteiger charge is 2.37. The van der Waals surface area contributed by atoms with E-state index in [0.717, 1.165) is 0 Å². The van der Waals surface area contributed by atoms with E-state index in [2.05, 4.69) is 5.73 Å². The molecule has 0 amide bonds. The smallest absolute Gasteiger partial charge is 0.317 e. The number of Topliss-reactive ketones (excluding diaryl/α,β-unsaturated/α-hetero) is 1. The van der Waals surface area contributed by atoms with Gasteiger partial charge in [0.15, 0.2) is 0 Å². The number of hydrogen-bond donors (Lipinski definition) is 1. The lowest BCUT2D eigenvalue weighted by Crippen LogP contribution is -2.39. The van der Waals surface area contributed by atoms with Gasteiger partial charge in [0, 0.05) is 5.92 Å². The van der Waals surface area contributed by atoms with Crippen molar-refractivity contribution in [3.05, 3.63) is 0 Å². The molecule has 0 rings (SSSR count). The number of carbonyl (C=O) groups is 1. The molecule has 0 saturated heterocycles. The van der Waals surface area contributed by atoms with Crippen LogP contribution < -0.4 is 5.73 Å². The Bertz CT molecular complexity index is 134. The summed E-state index contributed by atoms with van der Waals surface area (Å²) in [5.41, 5.74) is 4.67. The first-order valence-electron chi connectivity index (χ1n) is 3.04. The molecule has 2 N–H and O–H groups in total. The fraction of sp³-hybridized carbons (Fsp3) is 0.833. The van der Waals surface area contributed by atoms with Gasteiger partial charge >= 0.3 is 5.92 Å². The minimum absolute atomic E-state index is 0.654. The fourth-order valence-electron chi connectivity index (χ4n) is 0.523. The minimum Gasteiger partial charge on any atom is -0.325 e. The summed E-state index contributed by atoms with van der Waals surface area (Å²) >= 11 is 0. The van der Waals surface area contributed by atoms with Crippen molar-refractivity contribution in [2.24, 2.45) is 11.7 Å². The zero-order valence-electron chi connectivity index (χ0n) is 6.03.